The molecule has 76 valence electrons. The second-order valence-electron chi connectivity index (χ2n) is 4.02. The van der Waals surface area contributed by atoms with Crippen LogP contribution in [0, 0.1) is 0 Å². The fourth-order valence-corrected chi connectivity index (χ4v) is 1.65. The predicted molar refractivity (Wildman–Crippen MR) is 53.8 cm³/mol. The number of hydrogen-bond donors (Lipinski definition) is 1. The number of carbonyl (C=O) groups excluding carboxylic acids is 1. The highest BCUT2D eigenvalue weighted by atomic mass is 16.1. The van der Waals surface area contributed by atoms with Crippen LogP contribution < -0.4 is 5.32 Å². The van der Waals surface area contributed by atoms with E-state index in [2.05, 4.69) is 31.1 Å². The van der Waals surface area contributed by atoms with Crippen LogP contribution >= 0.6 is 0 Å². The first-order chi connectivity index (χ1) is 6.13. The van der Waals surface area contributed by atoms with Gasteiger partial charge in [-0.1, -0.05) is 6.92 Å². The summed E-state index contributed by atoms with van der Waals surface area (Å²) in [5, 5.41) is 3.23. The molecule has 1 N–H and O–H groups in total. The van der Waals surface area contributed by atoms with Crippen molar-refractivity contribution >= 4 is 5.78 Å². The monoisotopic (exact) mass is 184 g/mol. The van der Waals surface area contributed by atoms with Crippen LogP contribution in [-0.2, 0) is 4.79 Å². The Balaban J connectivity index is 2.28. The summed E-state index contributed by atoms with van der Waals surface area (Å²) in [6.07, 6.45) is 1.87. The number of hydrogen-bond acceptors (Lipinski definition) is 3. The molecule has 0 saturated carbocycles. The summed E-state index contributed by atoms with van der Waals surface area (Å²) in [6, 6.07) is 0.990. The molecule has 1 fully saturated rings. The first-order valence-corrected chi connectivity index (χ1v) is 5.08. The first-order valence-electron chi connectivity index (χ1n) is 5.08. The lowest BCUT2D eigenvalue weighted by molar-refractivity contribution is -0.116. The third-order valence-electron chi connectivity index (χ3n) is 2.91. The summed E-state index contributed by atoms with van der Waals surface area (Å²) < 4.78 is 0. The zero-order chi connectivity index (χ0) is 9.84. The lowest BCUT2D eigenvalue weighted by atomic mass is 10.1. The smallest absolute Gasteiger partial charge is 0.148 e. The van der Waals surface area contributed by atoms with Crippen molar-refractivity contribution in [3.05, 3.63) is 0 Å². The Morgan fingerprint density at radius 3 is 2.85 bits per heavy atom. The van der Waals surface area contributed by atoms with Gasteiger partial charge >= 0.3 is 0 Å². The standard InChI is InChI=1S/C10H20N2O/c1-4-8(2)12(3)7-9-5-10(13)6-11-9/h8-9,11H,4-7H2,1-3H3. The van der Waals surface area contributed by atoms with Gasteiger partial charge < -0.3 is 10.2 Å². The third-order valence-corrected chi connectivity index (χ3v) is 2.91. The van der Waals surface area contributed by atoms with E-state index in [4.69, 9.17) is 0 Å². The number of likely N-dealkylation sites (N-methyl/N-ethyl adjacent to an activating group) is 1. The molecule has 3 heteroatoms. The number of nitrogens with one attached hydrogen (secondary N) is 1. The van der Waals surface area contributed by atoms with E-state index in [1.807, 2.05) is 0 Å². The highest BCUT2D eigenvalue weighted by Crippen LogP contribution is 2.06. The highest BCUT2D eigenvalue weighted by molar-refractivity contribution is 5.83. The van der Waals surface area contributed by atoms with Gasteiger partial charge in [0.2, 0.25) is 0 Å². The molecule has 1 rings (SSSR count). The average molecular weight is 184 g/mol. The van der Waals surface area contributed by atoms with Gasteiger partial charge in [-0.05, 0) is 20.4 Å². The maximum atomic E-state index is 11.0. The Bertz CT molecular complexity index is 182. The van der Waals surface area contributed by atoms with E-state index in [-0.39, 0.29) is 0 Å². The summed E-state index contributed by atoms with van der Waals surface area (Å²) in [7, 11) is 2.12. The Kier molecular flexibility index (Phi) is 3.88. The van der Waals surface area contributed by atoms with Crippen LogP contribution in [-0.4, -0.2) is 42.9 Å². The number of carbonyl (C=O) groups is 1. The molecule has 13 heavy (non-hydrogen) atoms. The van der Waals surface area contributed by atoms with E-state index < -0.39 is 0 Å². The molecular formula is C10H20N2O. The molecule has 0 aromatic heterocycles. The van der Waals surface area contributed by atoms with E-state index in [9.17, 15) is 4.79 Å². The molecule has 0 aliphatic carbocycles. The van der Waals surface area contributed by atoms with Crippen LogP contribution in [0.25, 0.3) is 0 Å². The molecule has 0 aromatic rings. The van der Waals surface area contributed by atoms with Crippen molar-refractivity contribution in [2.45, 2.75) is 38.8 Å². The molecule has 0 radical (unpaired) electrons. The van der Waals surface area contributed by atoms with Crippen LogP contribution in [0.15, 0.2) is 0 Å². The van der Waals surface area contributed by atoms with Gasteiger partial charge in [0, 0.05) is 25.0 Å². The minimum Gasteiger partial charge on any atom is -0.305 e. The van der Waals surface area contributed by atoms with Gasteiger partial charge in [-0.3, -0.25) is 4.79 Å². The van der Waals surface area contributed by atoms with E-state index in [1.54, 1.807) is 0 Å². The Hall–Kier alpha value is -0.410. The molecule has 1 aliphatic heterocycles. The van der Waals surface area contributed by atoms with Crippen LogP contribution in [0.1, 0.15) is 26.7 Å². The molecule has 1 saturated heterocycles. The maximum Gasteiger partial charge on any atom is 0.148 e. The summed E-state index contributed by atoms with van der Waals surface area (Å²) in [5.41, 5.74) is 0. The van der Waals surface area contributed by atoms with Crippen molar-refractivity contribution in [3.8, 4) is 0 Å². The molecular weight excluding hydrogens is 164 g/mol. The fourth-order valence-electron chi connectivity index (χ4n) is 1.65. The van der Waals surface area contributed by atoms with Crippen molar-refractivity contribution in [2.75, 3.05) is 20.1 Å². The topological polar surface area (TPSA) is 32.3 Å². The zero-order valence-corrected chi connectivity index (χ0v) is 8.84. The highest BCUT2D eigenvalue weighted by Gasteiger charge is 2.23. The lowest BCUT2D eigenvalue weighted by Crippen LogP contribution is -2.39. The SMILES string of the molecule is CCC(C)N(C)CC1CC(=O)CN1. The van der Waals surface area contributed by atoms with Crippen LogP contribution in [0.3, 0.4) is 0 Å². The van der Waals surface area contributed by atoms with Crippen molar-refractivity contribution in [3.63, 3.8) is 0 Å². The third kappa shape index (κ3) is 3.08. The van der Waals surface area contributed by atoms with Crippen LogP contribution in [0.4, 0.5) is 0 Å². The van der Waals surface area contributed by atoms with Crippen molar-refractivity contribution in [2.24, 2.45) is 0 Å². The van der Waals surface area contributed by atoms with Crippen molar-refractivity contribution in [1.29, 1.82) is 0 Å². The Morgan fingerprint density at radius 2 is 2.38 bits per heavy atom. The van der Waals surface area contributed by atoms with Crippen molar-refractivity contribution in [1.82, 2.24) is 10.2 Å². The van der Waals surface area contributed by atoms with E-state index in [1.165, 1.54) is 0 Å². The first kappa shape index (κ1) is 10.7. The minimum absolute atomic E-state index is 0.350. The van der Waals surface area contributed by atoms with E-state index in [0.717, 1.165) is 13.0 Å². The average Bonchev–Trinajstić information content (AvgIpc) is 2.49. The zero-order valence-electron chi connectivity index (χ0n) is 8.84. The van der Waals surface area contributed by atoms with Gasteiger partial charge in [-0.2, -0.15) is 0 Å². The van der Waals surface area contributed by atoms with Gasteiger partial charge in [-0.25, -0.2) is 0 Å². The molecule has 0 spiro atoms. The lowest BCUT2D eigenvalue weighted by Gasteiger charge is -2.26. The molecule has 1 heterocycles. The second-order valence-corrected chi connectivity index (χ2v) is 4.02. The second kappa shape index (κ2) is 4.72. The number of rotatable bonds is 4. The van der Waals surface area contributed by atoms with E-state index in [0.29, 0.717) is 30.8 Å². The van der Waals surface area contributed by atoms with Gasteiger partial charge in [0.15, 0.2) is 0 Å². The summed E-state index contributed by atoms with van der Waals surface area (Å²) in [5.74, 6) is 0.350. The number of ketones is 1. The van der Waals surface area contributed by atoms with Gasteiger partial charge in [0.1, 0.15) is 5.78 Å². The Morgan fingerprint density at radius 1 is 1.69 bits per heavy atom. The van der Waals surface area contributed by atoms with Crippen LogP contribution in [0.5, 0.6) is 0 Å². The van der Waals surface area contributed by atoms with Gasteiger partial charge in [0.05, 0.1) is 6.54 Å². The van der Waals surface area contributed by atoms with E-state index >= 15 is 0 Å². The van der Waals surface area contributed by atoms with Crippen LogP contribution in [0.2, 0.25) is 0 Å². The van der Waals surface area contributed by atoms with Gasteiger partial charge in [-0.15, -0.1) is 0 Å². The molecule has 2 unspecified atom stereocenters. The summed E-state index contributed by atoms with van der Waals surface area (Å²) in [6.45, 7) is 5.96. The summed E-state index contributed by atoms with van der Waals surface area (Å²) in [4.78, 5) is 13.3. The molecule has 2 atom stereocenters. The maximum absolute atomic E-state index is 11.0. The summed E-state index contributed by atoms with van der Waals surface area (Å²) >= 11 is 0. The molecule has 0 amide bonds. The molecule has 3 nitrogen and oxygen atoms in total. The predicted octanol–water partition coefficient (Wildman–Crippen LogP) is 0.648. The number of nitrogens with zero attached hydrogens (tertiary/aromatic N) is 1. The quantitative estimate of drug-likeness (QED) is 0.696. The Labute approximate surface area is 80.5 Å². The molecule has 1 aliphatic rings. The largest absolute Gasteiger partial charge is 0.305 e. The normalized spacial score (nSPS) is 25.5. The van der Waals surface area contributed by atoms with Gasteiger partial charge in [0.25, 0.3) is 0 Å². The molecule has 0 aromatic carbocycles. The molecule has 0 bridgehead atoms. The number of Topliss-reactive ketones (excluding diaryl/α,β-unsaturated/α-hetero) is 1. The van der Waals surface area contributed by atoms with Crippen molar-refractivity contribution < 1.29 is 4.79 Å². The fraction of sp³-hybridized carbons (Fsp3) is 0.900. The minimum atomic E-state index is 0.350.